The molecule has 1 saturated heterocycles. The molecular weight excluding hydrogens is 385 g/mol. The predicted molar refractivity (Wildman–Crippen MR) is 99.7 cm³/mol. The fourth-order valence-corrected chi connectivity index (χ4v) is 3.78. The molecule has 2 aromatic carbocycles. The molecule has 28 heavy (non-hydrogen) atoms. The SMILES string of the molecule is COC(=O)C1CC(Oc2ccccc2F)CN1C(=O)c1ccc2nsnc2c1. The molecule has 1 aliphatic heterocycles. The van der Waals surface area contributed by atoms with Crippen LogP contribution in [0.2, 0.25) is 0 Å². The number of rotatable bonds is 4. The number of hydrogen-bond donors (Lipinski definition) is 0. The zero-order valence-corrected chi connectivity index (χ0v) is 15.7. The summed E-state index contributed by atoms with van der Waals surface area (Å²) in [6.07, 6.45) is -0.317. The van der Waals surface area contributed by atoms with Gasteiger partial charge in [0.2, 0.25) is 0 Å². The number of methoxy groups -OCH3 is 1. The second-order valence-corrected chi connectivity index (χ2v) is 6.90. The number of carbonyl (C=O) groups excluding carboxylic acids is 2. The van der Waals surface area contributed by atoms with Crippen LogP contribution in [0.1, 0.15) is 16.8 Å². The van der Waals surface area contributed by atoms with Crippen LogP contribution in [-0.2, 0) is 9.53 Å². The number of para-hydroxylation sites is 1. The number of benzene rings is 2. The molecule has 4 rings (SSSR count). The largest absolute Gasteiger partial charge is 0.485 e. The van der Waals surface area contributed by atoms with Crippen molar-refractivity contribution in [2.24, 2.45) is 0 Å². The molecule has 2 unspecified atom stereocenters. The lowest BCUT2D eigenvalue weighted by Gasteiger charge is -2.22. The minimum Gasteiger partial charge on any atom is -0.485 e. The summed E-state index contributed by atoms with van der Waals surface area (Å²) in [5, 5.41) is 0. The van der Waals surface area contributed by atoms with Gasteiger partial charge in [-0.15, -0.1) is 0 Å². The Morgan fingerprint density at radius 2 is 1.96 bits per heavy atom. The van der Waals surface area contributed by atoms with Crippen LogP contribution in [0.25, 0.3) is 11.0 Å². The highest BCUT2D eigenvalue weighted by Crippen LogP contribution is 2.27. The number of halogens is 1. The van der Waals surface area contributed by atoms with Gasteiger partial charge >= 0.3 is 5.97 Å². The number of aromatic nitrogens is 2. The summed E-state index contributed by atoms with van der Waals surface area (Å²) in [7, 11) is 1.27. The van der Waals surface area contributed by atoms with Crippen molar-refractivity contribution < 1.29 is 23.5 Å². The molecule has 144 valence electrons. The van der Waals surface area contributed by atoms with Crippen molar-refractivity contribution in [3.63, 3.8) is 0 Å². The molecule has 3 aromatic rings. The van der Waals surface area contributed by atoms with E-state index >= 15 is 0 Å². The van der Waals surface area contributed by atoms with Gasteiger partial charge in [0.25, 0.3) is 5.91 Å². The van der Waals surface area contributed by atoms with Gasteiger partial charge in [0, 0.05) is 12.0 Å². The zero-order valence-electron chi connectivity index (χ0n) is 14.9. The van der Waals surface area contributed by atoms with E-state index in [1.54, 1.807) is 30.3 Å². The quantitative estimate of drug-likeness (QED) is 0.625. The minimum absolute atomic E-state index is 0.0837. The van der Waals surface area contributed by atoms with Crippen LogP contribution in [0, 0.1) is 5.82 Å². The van der Waals surface area contributed by atoms with Crippen molar-refractivity contribution in [2.75, 3.05) is 13.7 Å². The number of ether oxygens (including phenoxy) is 2. The monoisotopic (exact) mass is 401 g/mol. The third-order valence-electron chi connectivity index (χ3n) is 4.63. The highest BCUT2D eigenvalue weighted by molar-refractivity contribution is 7.00. The second-order valence-electron chi connectivity index (χ2n) is 6.37. The summed E-state index contributed by atoms with van der Waals surface area (Å²) >= 11 is 1.06. The number of esters is 1. The average Bonchev–Trinajstić information content (AvgIpc) is 3.35. The first-order chi connectivity index (χ1) is 13.6. The molecule has 1 aromatic heterocycles. The Morgan fingerprint density at radius 1 is 1.18 bits per heavy atom. The fraction of sp³-hybridized carbons (Fsp3) is 0.263. The van der Waals surface area contributed by atoms with Gasteiger partial charge in [-0.3, -0.25) is 4.79 Å². The molecule has 1 amide bonds. The van der Waals surface area contributed by atoms with Crippen molar-refractivity contribution in [1.29, 1.82) is 0 Å². The van der Waals surface area contributed by atoms with Gasteiger partial charge in [-0.25, -0.2) is 9.18 Å². The molecule has 2 atom stereocenters. The lowest BCUT2D eigenvalue weighted by Crippen LogP contribution is -2.41. The topological polar surface area (TPSA) is 81.6 Å². The van der Waals surface area contributed by atoms with Crippen LogP contribution in [0.4, 0.5) is 4.39 Å². The van der Waals surface area contributed by atoms with Crippen LogP contribution in [0.5, 0.6) is 5.75 Å². The van der Waals surface area contributed by atoms with Crippen molar-refractivity contribution in [3.05, 3.63) is 53.8 Å². The maximum atomic E-state index is 13.9. The first kappa shape index (κ1) is 18.3. The molecule has 0 radical (unpaired) electrons. The first-order valence-electron chi connectivity index (χ1n) is 8.59. The minimum atomic E-state index is -0.807. The molecule has 2 heterocycles. The Labute approximate surface area is 164 Å². The maximum absolute atomic E-state index is 13.9. The van der Waals surface area contributed by atoms with Gasteiger partial charge in [-0.2, -0.15) is 8.75 Å². The molecule has 1 fully saturated rings. The highest BCUT2D eigenvalue weighted by Gasteiger charge is 2.42. The van der Waals surface area contributed by atoms with Gasteiger partial charge < -0.3 is 14.4 Å². The fourth-order valence-electron chi connectivity index (χ4n) is 3.27. The Kier molecular flexibility index (Phi) is 4.91. The lowest BCUT2D eigenvalue weighted by molar-refractivity contribution is -0.145. The summed E-state index contributed by atoms with van der Waals surface area (Å²) in [5.41, 5.74) is 1.71. The third kappa shape index (κ3) is 3.40. The van der Waals surface area contributed by atoms with Crippen LogP contribution in [-0.4, -0.2) is 51.3 Å². The molecular formula is C19H16FN3O4S. The standard InChI is InChI=1S/C19H16FN3O4S/c1-26-19(25)16-9-12(27-17-5-3-2-4-13(17)20)10-23(16)18(24)11-6-7-14-15(8-11)22-28-21-14/h2-8,12,16H,9-10H2,1H3. The zero-order chi connectivity index (χ0) is 19.7. The third-order valence-corrected chi connectivity index (χ3v) is 5.18. The van der Waals surface area contributed by atoms with Crippen molar-refractivity contribution in [2.45, 2.75) is 18.6 Å². The van der Waals surface area contributed by atoms with E-state index in [2.05, 4.69) is 8.75 Å². The van der Waals surface area contributed by atoms with Crippen LogP contribution < -0.4 is 4.74 Å². The van der Waals surface area contributed by atoms with Crippen LogP contribution in [0.15, 0.2) is 42.5 Å². The van der Waals surface area contributed by atoms with Gasteiger partial charge in [-0.05, 0) is 30.3 Å². The second kappa shape index (κ2) is 7.51. The van der Waals surface area contributed by atoms with Gasteiger partial charge in [0.1, 0.15) is 23.2 Å². The normalized spacial score (nSPS) is 19.0. The van der Waals surface area contributed by atoms with E-state index in [4.69, 9.17) is 9.47 Å². The highest BCUT2D eigenvalue weighted by atomic mass is 32.1. The summed E-state index contributed by atoms with van der Waals surface area (Å²) in [5.74, 6) is -1.29. The molecule has 0 aliphatic carbocycles. The van der Waals surface area contributed by atoms with E-state index in [1.165, 1.54) is 24.1 Å². The summed E-state index contributed by atoms with van der Waals surface area (Å²) in [4.78, 5) is 26.7. The molecule has 7 nitrogen and oxygen atoms in total. The van der Waals surface area contributed by atoms with E-state index in [0.29, 0.717) is 16.6 Å². The van der Waals surface area contributed by atoms with E-state index in [9.17, 15) is 14.0 Å². The van der Waals surface area contributed by atoms with Crippen molar-refractivity contribution in [1.82, 2.24) is 13.6 Å². The summed E-state index contributed by atoms with van der Waals surface area (Å²) in [6.45, 7) is 0.139. The number of likely N-dealkylation sites (tertiary alicyclic amines) is 1. The van der Waals surface area contributed by atoms with Crippen LogP contribution in [0.3, 0.4) is 0 Å². The molecule has 0 saturated carbocycles. The van der Waals surface area contributed by atoms with E-state index < -0.39 is 23.9 Å². The van der Waals surface area contributed by atoms with Crippen molar-refractivity contribution in [3.8, 4) is 5.75 Å². The first-order valence-corrected chi connectivity index (χ1v) is 9.32. The number of amides is 1. The molecule has 0 N–H and O–H groups in total. The number of hydrogen-bond acceptors (Lipinski definition) is 7. The molecule has 0 spiro atoms. The number of carbonyl (C=O) groups is 2. The van der Waals surface area contributed by atoms with Gasteiger partial charge in [0.15, 0.2) is 11.6 Å². The Morgan fingerprint density at radius 3 is 2.75 bits per heavy atom. The number of nitrogens with zero attached hydrogens (tertiary/aromatic N) is 3. The van der Waals surface area contributed by atoms with Crippen LogP contribution >= 0.6 is 11.7 Å². The summed E-state index contributed by atoms with van der Waals surface area (Å²) in [6, 6.07) is 10.2. The van der Waals surface area contributed by atoms with Gasteiger partial charge in [-0.1, -0.05) is 12.1 Å². The van der Waals surface area contributed by atoms with E-state index in [0.717, 1.165) is 11.7 Å². The average molecular weight is 401 g/mol. The lowest BCUT2D eigenvalue weighted by atomic mass is 10.1. The summed E-state index contributed by atoms with van der Waals surface area (Å²) < 4.78 is 32.7. The van der Waals surface area contributed by atoms with Crippen molar-refractivity contribution >= 4 is 34.6 Å². The number of fused-ring (bicyclic) bond motifs is 1. The van der Waals surface area contributed by atoms with E-state index in [1.807, 2.05) is 0 Å². The molecule has 9 heteroatoms. The molecule has 0 bridgehead atoms. The molecule has 1 aliphatic rings. The Balaban J connectivity index is 1.58. The maximum Gasteiger partial charge on any atom is 0.328 e. The predicted octanol–water partition coefficient (Wildman–Crippen LogP) is 2.67. The Bertz CT molecular complexity index is 1040. The van der Waals surface area contributed by atoms with Gasteiger partial charge in [0.05, 0.1) is 25.4 Å². The Hall–Kier alpha value is -3.07. The van der Waals surface area contributed by atoms with E-state index in [-0.39, 0.29) is 24.6 Å². The smallest absolute Gasteiger partial charge is 0.328 e.